The van der Waals surface area contributed by atoms with Gasteiger partial charge in [0.25, 0.3) is 0 Å². The number of aliphatic hydroxyl groups excluding tert-OH is 1. The maximum atomic E-state index is 11.5. The maximum Gasteiger partial charge on any atom is 0.323 e. The Bertz CT molecular complexity index is 734. The Morgan fingerprint density at radius 3 is 2.08 bits per heavy atom. The Labute approximate surface area is 234 Å². The second-order valence-corrected chi connectivity index (χ2v) is 11.4. The van der Waals surface area contributed by atoms with Crippen molar-refractivity contribution in [2.24, 2.45) is 0 Å². The topological polar surface area (TPSA) is 129 Å². The minimum absolute atomic E-state index is 0.167. The molecular formula is C28H53N5O4S. The average Bonchev–Trinajstić information content (AvgIpc) is 3.34. The number of aromatic nitrogens is 3. The number of carboxylic acids is 1. The molecule has 0 saturated carbocycles. The van der Waals surface area contributed by atoms with Gasteiger partial charge in [0.1, 0.15) is 6.04 Å². The first kappa shape index (κ1) is 34.4. The third kappa shape index (κ3) is 18.6. The number of carbonyl (C=O) groups excluding carboxylic acids is 1. The predicted molar refractivity (Wildman–Crippen MR) is 155 cm³/mol. The van der Waals surface area contributed by atoms with Crippen molar-refractivity contribution in [1.29, 1.82) is 0 Å². The summed E-state index contributed by atoms with van der Waals surface area (Å²) in [6, 6.07) is -1.26. The predicted octanol–water partition coefficient (Wildman–Crippen LogP) is 4.57. The van der Waals surface area contributed by atoms with Gasteiger partial charge >= 0.3 is 5.97 Å². The number of carbonyl (C=O) groups is 2. The smallest absolute Gasteiger partial charge is 0.323 e. The van der Waals surface area contributed by atoms with Crippen molar-refractivity contribution < 1.29 is 19.8 Å². The zero-order chi connectivity index (χ0) is 27.8. The van der Waals surface area contributed by atoms with Crippen LogP contribution in [-0.4, -0.2) is 73.8 Å². The van der Waals surface area contributed by atoms with Crippen molar-refractivity contribution >= 4 is 23.6 Å². The van der Waals surface area contributed by atoms with Crippen molar-refractivity contribution in [2.75, 3.05) is 24.7 Å². The Hall–Kier alpha value is -1.65. The number of unbranched alkanes of at least 4 members (excludes halogenated alkanes) is 13. The van der Waals surface area contributed by atoms with Crippen LogP contribution in [0.2, 0.25) is 0 Å². The fourth-order valence-electron chi connectivity index (χ4n) is 4.39. The van der Waals surface area contributed by atoms with Crippen LogP contribution in [0.15, 0.2) is 6.20 Å². The van der Waals surface area contributed by atoms with Crippen LogP contribution in [0.5, 0.6) is 0 Å². The van der Waals surface area contributed by atoms with Gasteiger partial charge in [-0.25, -0.2) is 0 Å². The fraction of sp³-hybridized carbons (Fsp3) is 0.857. The quantitative estimate of drug-likeness (QED) is 0.122. The molecule has 220 valence electrons. The van der Waals surface area contributed by atoms with E-state index < -0.39 is 18.6 Å². The van der Waals surface area contributed by atoms with Crippen LogP contribution < -0.4 is 10.6 Å². The molecule has 4 N–H and O–H groups in total. The highest BCUT2D eigenvalue weighted by Crippen LogP contribution is 2.13. The molecule has 1 aromatic heterocycles. The number of thioether (sulfide) groups is 1. The fourth-order valence-corrected chi connectivity index (χ4v) is 5.39. The maximum absolute atomic E-state index is 11.5. The van der Waals surface area contributed by atoms with E-state index in [1.165, 1.54) is 90.4 Å². The van der Waals surface area contributed by atoms with Crippen molar-refractivity contribution in [2.45, 2.75) is 129 Å². The first-order valence-corrected chi connectivity index (χ1v) is 15.9. The van der Waals surface area contributed by atoms with Gasteiger partial charge in [0.2, 0.25) is 5.91 Å². The van der Waals surface area contributed by atoms with Gasteiger partial charge in [-0.3, -0.25) is 14.3 Å². The number of hydrogen-bond donors (Lipinski definition) is 4. The summed E-state index contributed by atoms with van der Waals surface area (Å²) in [5.41, 5.74) is 0.961. The van der Waals surface area contributed by atoms with Gasteiger partial charge in [-0.1, -0.05) is 95.6 Å². The molecule has 0 aromatic carbocycles. The molecule has 10 heteroatoms. The van der Waals surface area contributed by atoms with Gasteiger partial charge in [0.05, 0.1) is 18.3 Å². The van der Waals surface area contributed by atoms with Crippen molar-refractivity contribution in [3.63, 3.8) is 0 Å². The molecule has 0 spiro atoms. The molecule has 38 heavy (non-hydrogen) atoms. The SMILES string of the molecule is CCCCCCCCCCCCCCCCn1cc(CCSC[C@@H](CNC(CO)C(=O)O)NC(C)=O)nn1. The molecule has 1 heterocycles. The zero-order valence-corrected chi connectivity index (χ0v) is 24.7. The molecule has 1 rings (SSSR count). The molecular weight excluding hydrogens is 502 g/mol. The highest BCUT2D eigenvalue weighted by molar-refractivity contribution is 7.99. The van der Waals surface area contributed by atoms with Crippen LogP contribution in [-0.2, 0) is 22.6 Å². The second-order valence-electron chi connectivity index (χ2n) is 10.3. The molecule has 0 aliphatic carbocycles. The number of aryl methyl sites for hydroxylation is 2. The normalized spacial score (nSPS) is 12.9. The van der Waals surface area contributed by atoms with E-state index in [9.17, 15) is 9.59 Å². The number of nitrogens with zero attached hydrogens (tertiary/aromatic N) is 3. The summed E-state index contributed by atoms with van der Waals surface area (Å²) in [5.74, 6) is 0.187. The van der Waals surface area contributed by atoms with Crippen LogP contribution in [0.1, 0.15) is 109 Å². The Morgan fingerprint density at radius 2 is 1.55 bits per heavy atom. The van der Waals surface area contributed by atoms with Gasteiger partial charge in [0, 0.05) is 38.4 Å². The molecule has 0 bridgehead atoms. The number of aliphatic hydroxyl groups is 1. The van der Waals surface area contributed by atoms with Crippen molar-refractivity contribution in [1.82, 2.24) is 25.6 Å². The van der Waals surface area contributed by atoms with E-state index in [-0.39, 0.29) is 18.5 Å². The van der Waals surface area contributed by atoms with Crippen LogP contribution >= 0.6 is 11.8 Å². The third-order valence-corrected chi connectivity index (χ3v) is 7.78. The number of hydrogen-bond acceptors (Lipinski definition) is 7. The van der Waals surface area contributed by atoms with Crippen LogP contribution in [0.4, 0.5) is 0 Å². The van der Waals surface area contributed by atoms with E-state index in [1.54, 1.807) is 11.8 Å². The molecule has 0 aliphatic heterocycles. The number of aliphatic carboxylic acids is 1. The van der Waals surface area contributed by atoms with E-state index in [2.05, 4.69) is 27.9 Å². The number of carboxylic acid groups (broad SMARTS) is 1. The molecule has 0 radical (unpaired) electrons. The van der Waals surface area contributed by atoms with E-state index in [0.29, 0.717) is 5.75 Å². The number of amides is 1. The lowest BCUT2D eigenvalue weighted by molar-refractivity contribution is -0.140. The Morgan fingerprint density at radius 1 is 0.974 bits per heavy atom. The molecule has 0 fully saturated rings. The lowest BCUT2D eigenvalue weighted by Gasteiger charge is -2.20. The average molecular weight is 556 g/mol. The number of nitrogens with one attached hydrogen (secondary N) is 2. The summed E-state index contributed by atoms with van der Waals surface area (Å²) < 4.78 is 1.94. The van der Waals surface area contributed by atoms with Crippen molar-refractivity contribution in [3.05, 3.63) is 11.9 Å². The number of rotatable bonds is 26. The van der Waals surface area contributed by atoms with Gasteiger partial charge in [-0.2, -0.15) is 11.8 Å². The summed E-state index contributed by atoms with van der Waals surface area (Å²) in [5, 5.41) is 32.3. The van der Waals surface area contributed by atoms with E-state index >= 15 is 0 Å². The molecule has 2 atom stereocenters. The van der Waals surface area contributed by atoms with Gasteiger partial charge < -0.3 is 20.8 Å². The minimum Gasteiger partial charge on any atom is -0.480 e. The zero-order valence-electron chi connectivity index (χ0n) is 23.8. The highest BCUT2D eigenvalue weighted by atomic mass is 32.2. The summed E-state index contributed by atoms with van der Waals surface area (Å²) >= 11 is 1.67. The summed E-state index contributed by atoms with van der Waals surface area (Å²) in [6.45, 7) is 4.40. The van der Waals surface area contributed by atoms with E-state index in [4.69, 9.17) is 10.2 Å². The minimum atomic E-state index is -1.11. The standard InChI is InChI=1S/C28H53N5O4S/c1-3-4-5-6-7-8-9-10-11-12-13-14-15-16-18-33-21-25(31-32-33)17-19-38-23-26(30-24(2)35)20-29-27(22-34)28(36)37/h21,26-27,29,34H,3-20,22-23H2,1-2H3,(H,30,35)(H,36,37)/t26-,27?/m1/s1. The van der Waals surface area contributed by atoms with E-state index in [0.717, 1.165) is 30.8 Å². The molecule has 0 aliphatic rings. The Balaban J connectivity index is 2.07. The second kappa shape index (κ2) is 23.3. The van der Waals surface area contributed by atoms with Gasteiger partial charge in [0.15, 0.2) is 0 Å². The van der Waals surface area contributed by atoms with Crippen molar-refractivity contribution in [3.8, 4) is 0 Å². The van der Waals surface area contributed by atoms with E-state index in [1.807, 2.05) is 10.9 Å². The van der Waals surface area contributed by atoms with Crippen LogP contribution in [0.25, 0.3) is 0 Å². The molecule has 1 unspecified atom stereocenters. The molecule has 1 aromatic rings. The van der Waals surface area contributed by atoms with Gasteiger partial charge in [-0.15, -0.1) is 5.10 Å². The lowest BCUT2D eigenvalue weighted by atomic mass is 10.0. The first-order valence-electron chi connectivity index (χ1n) is 14.8. The first-order chi connectivity index (χ1) is 18.5. The monoisotopic (exact) mass is 555 g/mol. The van der Waals surface area contributed by atoms with Crippen LogP contribution in [0.3, 0.4) is 0 Å². The third-order valence-electron chi connectivity index (χ3n) is 6.65. The van der Waals surface area contributed by atoms with Gasteiger partial charge in [-0.05, 0) is 12.2 Å². The molecule has 1 amide bonds. The largest absolute Gasteiger partial charge is 0.480 e. The molecule has 0 saturated heterocycles. The van der Waals surface area contributed by atoms with Crippen LogP contribution in [0, 0.1) is 0 Å². The summed E-state index contributed by atoms with van der Waals surface area (Å²) in [4.78, 5) is 22.5. The highest BCUT2D eigenvalue weighted by Gasteiger charge is 2.18. The lowest BCUT2D eigenvalue weighted by Crippen LogP contribution is -2.49. The summed E-state index contributed by atoms with van der Waals surface area (Å²) in [6.07, 6.45) is 21.8. The summed E-state index contributed by atoms with van der Waals surface area (Å²) in [7, 11) is 0. The Kier molecular flexibility index (Phi) is 21.0. The molecule has 9 nitrogen and oxygen atoms in total.